The van der Waals surface area contributed by atoms with Gasteiger partial charge in [-0.3, -0.25) is 4.90 Å². The molecule has 0 bridgehead atoms. The van der Waals surface area contributed by atoms with Gasteiger partial charge in [-0.1, -0.05) is 12.5 Å². The van der Waals surface area contributed by atoms with Crippen LogP contribution in [0.4, 0.5) is 5.82 Å². The fraction of sp³-hybridized carbons (Fsp3) is 0.615. The van der Waals surface area contributed by atoms with Gasteiger partial charge < -0.3 is 10.8 Å². The van der Waals surface area contributed by atoms with Gasteiger partial charge in [0, 0.05) is 37.5 Å². The van der Waals surface area contributed by atoms with Crippen molar-refractivity contribution in [2.75, 3.05) is 18.9 Å². The lowest BCUT2D eigenvalue weighted by Gasteiger charge is -2.37. The Morgan fingerprint density at radius 2 is 2.29 bits per heavy atom. The van der Waals surface area contributed by atoms with Crippen LogP contribution in [0.25, 0.3) is 0 Å². The molecule has 1 saturated carbocycles. The van der Waals surface area contributed by atoms with Crippen molar-refractivity contribution in [3.8, 4) is 0 Å². The second-order valence-corrected chi connectivity index (χ2v) is 4.68. The number of anilines is 1. The van der Waals surface area contributed by atoms with E-state index in [1.807, 2.05) is 12.1 Å². The van der Waals surface area contributed by atoms with Gasteiger partial charge in [0.1, 0.15) is 5.82 Å². The average Bonchev–Trinajstić information content (AvgIpc) is 2.26. The number of rotatable bonds is 6. The monoisotopic (exact) mass is 235 g/mol. The van der Waals surface area contributed by atoms with Gasteiger partial charge in [0.15, 0.2) is 0 Å². The summed E-state index contributed by atoms with van der Waals surface area (Å²) in [6.45, 7) is 2.05. The molecule has 1 aromatic heterocycles. The maximum Gasteiger partial charge on any atom is 0.127 e. The Bertz CT molecular complexity index is 352. The molecule has 4 nitrogen and oxygen atoms in total. The number of nitrogen functional groups attached to an aromatic ring is 1. The minimum Gasteiger partial charge on any atom is -0.396 e. The second-order valence-electron chi connectivity index (χ2n) is 4.68. The van der Waals surface area contributed by atoms with Gasteiger partial charge in [-0.25, -0.2) is 4.98 Å². The first-order chi connectivity index (χ1) is 8.31. The Hall–Kier alpha value is -1.13. The molecule has 1 aliphatic rings. The number of nitrogens with zero attached hydrogens (tertiary/aromatic N) is 2. The molecule has 17 heavy (non-hydrogen) atoms. The quantitative estimate of drug-likeness (QED) is 0.782. The van der Waals surface area contributed by atoms with Gasteiger partial charge in [0.2, 0.25) is 0 Å². The number of aromatic nitrogens is 1. The number of aliphatic hydroxyl groups is 1. The molecule has 0 radical (unpaired) electrons. The SMILES string of the molecule is Nc1ncccc1CN(CCCO)C1CCC1. The summed E-state index contributed by atoms with van der Waals surface area (Å²) in [5.41, 5.74) is 6.96. The summed E-state index contributed by atoms with van der Waals surface area (Å²) in [5.74, 6) is 0.626. The third-order valence-electron chi connectivity index (χ3n) is 3.49. The number of hydrogen-bond donors (Lipinski definition) is 2. The van der Waals surface area contributed by atoms with Crippen LogP contribution in [0.1, 0.15) is 31.2 Å². The lowest BCUT2D eigenvalue weighted by molar-refractivity contribution is 0.109. The van der Waals surface area contributed by atoms with E-state index < -0.39 is 0 Å². The Balaban J connectivity index is 1.98. The highest BCUT2D eigenvalue weighted by Gasteiger charge is 2.24. The first-order valence-electron chi connectivity index (χ1n) is 6.35. The third-order valence-corrected chi connectivity index (χ3v) is 3.49. The van der Waals surface area contributed by atoms with Crippen LogP contribution in [0, 0.1) is 0 Å². The van der Waals surface area contributed by atoms with Crippen molar-refractivity contribution in [3.05, 3.63) is 23.9 Å². The van der Waals surface area contributed by atoms with E-state index in [-0.39, 0.29) is 6.61 Å². The number of nitrogens with two attached hydrogens (primary N) is 1. The zero-order valence-corrected chi connectivity index (χ0v) is 10.2. The minimum atomic E-state index is 0.256. The van der Waals surface area contributed by atoms with Gasteiger partial charge in [-0.15, -0.1) is 0 Å². The van der Waals surface area contributed by atoms with Gasteiger partial charge in [-0.2, -0.15) is 0 Å². The van der Waals surface area contributed by atoms with Crippen LogP contribution in [0.3, 0.4) is 0 Å². The highest BCUT2D eigenvalue weighted by molar-refractivity contribution is 5.38. The molecule has 1 aromatic rings. The molecule has 0 amide bonds. The summed E-state index contributed by atoms with van der Waals surface area (Å²) in [6, 6.07) is 4.63. The maximum absolute atomic E-state index is 8.94. The normalized spacial score (nSPS) is 16.1. The molecule has 0 spiro atoms. The highest BCUT2D eigenvalue weighted by atomic mass is 16.3. The van der Waals surface area contributed by atoms with Crippen molar-refractivity contribution in [1.29, 1.82) is 0 Å². The minimum absolute atomic E-state index is 0.256. The Kier molecular flexibility index (Phi) is 4.34. The molecule has 0 aliphatic heterocycles. The summed E-state index contributed by atoms with van der Waals surface area (Å²) < 4.78 is 0. The largest absolute Gasteiger partial charge is 0.396 e. The molecule has 1 fully saturated rings. The summed E-state index contributed by atoms with van der Waals surface area (Å²) in [4.78, 5) is 6.54. The predicted molar refractivity (Wildman–Crippen MR) is 68.4 cm³/mol. The fourth-order valence-electron chi connectivity index (χ4n) is 2.22. The maximum atomic E-state index is 8.94. The van der Waals surface area contributed by atoms with Crippen LogP contribution >= 0.6 is 0 Å². The molecule has 94 valence electrons. The number of aliphatic hydroxyl groups excluding tert-OH is 1. The van der Waals surface area contributed by atoms with Gasteiger partial charge in [0.05, 0.1) is 0 Å². The zero-order valence-electron chi connectivity index (χ0n) is 10.2. The first-order valence-corrected chi connectivity index (χ1v) is 6.35. The lowest BCUT2D eigenvalue weighted by Crippen LogP contribution is -2.40. The van der Waals surface area contributed by atoms with Crippen molar-refractivity contribution < 1.29 is 5.11 Å². The van der Waals surface area contributed by atoms with Crippen molar-refractivity contribution >= 4 is 5.82 Å². The van der Waals surface area contributed by atoms with Crippen molar-refractivity contribution in [2.24, 2.45) is 0 Å². The molecule has 0 atom stereocenters. The number of hydrogen-bond acceptors (Lipinski definition) is 4. The summed E-state index contributed by atoms with van der Waals surface area (Å²) >= 11 is 0. The Morgan fingerprint density at radius 3 is 2.88 bits per heavy atom. The fourth-order valence-corrected chi connectivity index (χ4v) is 2.22. The standard InChI is InChI=1S/C13H21N3O/c14-13-11(4-2-7-15-13)10-16(8-3-9-17)12-5-1-6-12/h2,4,7,12,17H,1,3,5-6,8-10H2,(H2,14,15). The highest BCUT2D eigenvalue weighted by Crippen LogP contribution is 2.27. The predicted octanol–water partition coefficient (Wildman–Crippen LogP) is 1.40. The van der Waals surface area contributed by atoms with E-state index in [1.165, 1.54) is 19.3 Å². The summed E-state index contributed by atoms with van der Waals surface area (Å²) in [6.07, 6.45) is 6.41. The van der Waals surface area contributed by atoms with Crippen molar-refractivity contribution in [2.45, 2.75) is 38.3 Å². The van der Waals surface area contributed by atoms with Crippen LogP contribution in [-0.4, -0.2) is 34.2 Å². The first kappa shape index (κ1) is 12.3. The van der Waals surface area contributed by atoms with Gasteiger partial charge >= 0.3 is 0 Å². The number of pyridine rings is 1. The van der Waals surface area contributed by atoms with Crippen LogP contribution in [0.15, 0.2) is 18.3 Å². The van der Waals surface area contributed by atoms with Crippen LogP contribution in [-0.2, 0) is 6.54 Å². The van der Waals surface area contributed by atoms with Crippen molar-refractivity contribution in [1.82, 2.24) is 9.88 Å². The third kappa shape index (κ3) is 3.17. The van der Waals surface area contributed by atoms with Crippen LogP contribution < -0.4 is 5.73 Å². The topological polar surface area (TPSA) is 62.4 Å². The second kappa shape index (κ2) is 5.98. The van der Waals surface area contributed by atoms with Crippen LogP contribution in [0.5, 0.6) is 0 Å². The Morgan fingerprint density at radius 1 is 1.47 bits per heavy atom. The molecule has 3 N–H and O–H groups in total. The molecular weight excluding hydrogens is 214 g/mol. The molecule has 2 rings (SSSR count). The average molecular weight is 235 g/mol. The molecule has 4 heteroatoms. The van der Waals surface area contributed by atoms with E-state index in [0.29, 0.717) is 11.9 Å². The van der Waals surface area contributed by atoms with E-state index in [4.69, 9.17) is 10.8 Å². The molecular formula is C13H21N3O. The summed E-state index contributed by atoms with van der Waals surface area (Å²) in [7, 11) is 0. The zero-order chi connectivity index (χ0) is 12.1. The molecule has 0 aromatic carbocycles. The van der Waals surface area contributed by atoms with Crippen LogP contribution in [0.2, 0.25) is 0 Å². The van der Waals surface area contributed by atoms with Gasteiger partial charge in [-0.05, 0) is 25.3 Å². The Labute approximate surface area is 102 Å². The lowest BCUT2D eigenvalue weighted by atomic mass is 9.91. The van der Waals surface area contributed by atoms with Crippen molar-refractivity contribution in [3.63, 3.8) is 0 Å². The van der Waals surface area contributed by atoms with E-state index in [0.717, 1.165) is 25.1 Å². The van der Waals surface area contributed by atoms with E-state index >= 15 is 0 Å². The van der Waals surface area contributed by atoms with E-state index in [1.54, 1.807) is 6.20 Å². The molecule has 0 saturated heterocycles. The summed E-state index contributed by atoms with van der Waals surface area (Å²) in [5, 5.41) is 8.94. The molecule has 0 unspecified atom stereocenters. The molecule has 1 aliphatic carbocycles. The van der Waals surface area contributed by atoms with Gasteiger partial charge in [0.25, 0.3) is 0 Å². The molecule has 1 heterocycles. The van der Waals surface area contributed by atoms with E-state index in [9.17, 15) is 0 Å². The van der Waals surface area contributed by atoms with E-state index in [2.05, 4.69) is 9.88 Å². The smallest absolute Gasteiger partial charge is 0.127 e.